The van der Waals surface area contributed by atoms with E-state index in [2.05, 4.69) is 24.5 Å². The Bertz CT molecular complexity index is 404. The van der Waals surface area contributed by atoms with Crippen molar-refractivity contribution in [1.29, 1.82) is 0 Å². The summed E-state index contributed by atoms with van der Waals surface area (Å²) < 4.78 is 5.26. The molecule has 0 saturated carbocycles. The highest BCUT2D eigenvalue weighted by molar-refractivity contribution is 5.89. The summed E-state index contributed by atoms with van der Waals surface area (Å²) in [6.45, 7) is 17.1. The number of amides is 3. The number of carbonyl (C=O) groups is 3. The van der Waals surface area contributed by atoms with Crippen LogP contribution in [-0.4, -0.2) is 55.1 Å². The first-order valence-electron chi connectivity index (χ1n) is 9.35. The van der Waals surface area contributed by atoms with E-state index in [1.807, 2.05) is 27.7 Å². The van der Waals surface area contributed by atoms with Gasteiger partial charge in [-0.3, -0.25) is 14.5 Å². The van der Waals surface area contributed by atoms with E-state index in [0.717, 1.165) is 0 Å². The first kappa shape index (κ1) is 29.0. The molecule has 0 aliphatic heterocycles. The summed E-state index contributed by atoms with van der Waals surface area (Å²) in [6.07, 6.45) is 0.677. The topological polar surface area (TPSA) is 87.7 Å². The van der Waals surface area contributed by atoms with Gasteiger partial charge < -0.3 is 15.4 Å². The van der Waals surface area contributed by atoms with Crippen LogP contribution in [0.4, 0.5) is 4.79 Å². The zero-order valence-corrected chi connectivity index (χ0v) is 18.6. The van der Waals surface area contributed by atoms with Crippen molar-refractivity contribution >= 4 is 17.9 Å². The summed E-state index contributed by atoms with van der Waals surface area (Å²) in [4.78, 5) is 36.7. The Kier molecular flexibility index (Phi) is 17.2. The standard InChI is InChI=1S/C14H27N3O4.C3H8.C2H6/c1-9(2)11(12(19)16-8-10(18)15-6)17(7)13(20)21-14(3,4)5;1-3-2;1-2/h9,11H,8H2,1-7H3,(H,15,18)(H,16,19);3H2,1-2H3;1-2H3. The Balaban J connectivity index is -0.000000950. The van der Waals surface area contributed by atoms with Gasteiger partial charge in [0.25, 0.3) is 0 Å². The minimum atomic E-state index is -0.704. The maximum Gasteiger partial charge on any atom is 0.410 e. The van der Waals surface area contributed by atoms with Gasteiger partial charge in [-0.2, -0.15) is 0 Å². The predicted molar refractivity (Wildman–Crippen MR) is 107 cm³/mol. The average molecular weight is 376 g/mol. The van der Waals surface area contributed by atoms with Crippen molar-refractivity contribution in [2.45, 2.75) is 80.4 Å². The van der Waals surface area contributed by atoms with Gasteiger partial charge in [0.1, 0.15) is 11.6 Å². The zero-order valence-electron chi connectivity index (χ0n) is 18.6. The van der Waals surface area contributed by atoms with Gasteiger partial charge in [0.2, 0.25) is 11.8 Å². The van der Waals surface area contributed by atoms with E-state index in [-0.39, 0.29) is 24.3 Å². The van der Waals surface area contributed by atoms with E-state index in [9.17, 15) is 14.4 Å². The Labute approximate surface area is 160 Å². The number of nitrogens with one attached hydrogen (secondary N) is 2. The monoisotopic (exact) mass is 375 g/mol. The minimum Gasteiger partial charge on any atom is -0.444 e. The molecule has 0 bridgehead atoms. The molecular formula is C19H41N3O4. The maximum atomic E-state index is 12.2. The van der Waals surface area contributed by atoms with E-state index in [1.165, 1.54) is 25.4 Å². The second kappa shape index (κ2) is 15.5. The Morgan fingerprint density at radius 2 is 1.50 bits per heavy atom. The zero-order chi connectivity index (χ0) is 21.5. The van der Waals surface area contributed by atoms with Crippen LogP contribution in [0.1, 0.15) is 68.7 Å². The molecule has 2 N–H and O–H groups in total. The van der Waals surface area contributed by atoms with Gasteiger partial charge in [0.05, 0.1) is 6.54 Å². The molecule has 0 rings (SSSR count). The highest BCUT2D eigenvalue weighted by atomic mass is 16.6. The van der Waals surface area contributed by atoms with Crippen LogP contribution >= 0.6 is 0 Å². The summed E-state index contributed by atoms with van der Waals surface area (Å²) in [6, 6.07) is -0.704. The van der Waals surface area contributed by atoms with Gasteiger partial charge in [-0.05, 0) is 26.7 Å². The van der Waals surface area contributed by atoms with Crippen molar-refractivity contribution in [2.24, 2.45) is 5.92 Å². The van der Waals surface area contributed by atoms with Gasteiger partial charge in [0.15, 0.2) is 0 Å². The van der Waals surface area contributed by atoms with Crippen molar-refractivity contribution in [1.82, 2.24) is 15.5 Å². The van der Waals surface area contributed by atoms with Crippen LogP contribution in [-0.2, 0) is 14.3 Å². The first-order valence-corrected chi connectivity index (χ1v) is 9.35. The fourth-order valence-electron chi connectivity index (χ4n) is 1.73. The second-order valence-electron chi connectivity index (χ2n) is 6.88. The molecule has 26 heavy (non-hydrogen) atoms. The third kappa shape index (κ3) is 14.5. The van der Waals surface area contributed by atoms with Gasteiger partial charge in [-0.1, -0.05) is 48.0 Å². The quantitative estimate of drug-likeness (QED) is 0.772. The molecular weight excluding hydrogens is 334 g/mol. The molecule has 0 aromatic rings. The van der Waals surface area contributed by atoms with Crippen LogP contribution in [0.25, 0.3) is 0 Å². The van der Waals surface area contributed by atoms with Crippen molar-refractivity contribution in [3.63, 3.8) is 0 Å². The largest absolute Gasteiger partial charge is 0.444 e. The third-order valence-electron chi connectivity index (χ3n) is 2.70. The SMILES string of the molecule is CC.CCC.CNC(=O)CNC(=O)C(C(C)C)N(C)C(=O)OC(C)(C)C. The summed E-state index contributed by atoms with van der Waals surface area (Å²) in [7, 11) is 3.00. The molecule has 0 heterocycles. The van der Waals surface area contributed by atoms with E-state index in [4.69, 9.17) is 4.74 Å². The molecule has 0 spiro atoms. The van der Waals surface area contributed by atoms with Crippen LogP contribution in [0.15, 0.2) is 0 Å². The molecule has 0 fully saturated rings. The molecule has 0 aliphatic carbocycles. The number of hydrogen-bond acceptors (Lipinski definition) is 4. The lowest BCUT2D eigenvalue weighted by Crippen LogP contribution is -2.52. The Morgan fingerprint density at radius 1 is 1.08 bits per heavy atom. The molecule has 1 unspecified atom stereocenters. The van der Waals surface area contributed by atoms with Crippen LogP contribution < -0.4 is 10.6 Å². The Hall–Kier alpha value is -1.79. The molecule has 0 aromatic carbocycles. The van der Waals surface area contributed by atoms with Crippen LogP contribution in [0.5, 0.6) is 0 Å². The van der Waals surface area contributed by atoms with Crippen LogP contribution in [0.3, 0.4) is 0 Å². The predicted octanol–water partition coefficient (Wildman–Crippen LogP) is 3.18. The molecule has 0 aromatic heterocycles. The number of carbonyl (C=O) groups excluding carboxylic acids is 3. The summed E-state index contributed by atoms with van der Waals surface area (Å²) >= 11 is 0. The van der Waals surface area contributed by atoms with Gasteiger partial charge in [-0.15, -0.1) is 0 Å². The molecule has 7 nitrogen and oxygen atoms in total. The molecule has 1 atom stereocenters. The van der Waals surface area contributed by atoms with E-state index in [1.54, 1.807) is 20.8 Å². The fourth-order valence-corrected chi connectivity index (χ4v) is 1.73. The van der Waals surface area contributed by atoms with Crippen molar-refractivity contribution < 1.29 is 19.1 Å². The van der Waals surface area contributed by atoms with Crippen molar-refractivity contribution in [3.8, 4) is 0 Å². The smallest absolute Gasteiger partial charge is 0.410 e. The highest BCUT2D eigenvalue weighted by Gasteiger charge is 2.32. The number of hydrogen-bond donors (Lipinski definition) is 2. The lowest BCUT2D eigenvalue weighted by Gasteiger charge is -2.32. The molecule has 0 saturated heterocycles. The van der Waals surface area contributed by atoms with Crippen LogP contribution in [0.2, 0.25) is 0 Å². The lowest BCUT2D eigenvalue weighted by molar-refractivity contribution is -0.130. The average Bonchev–Trinajstić information content (AvgIpc) is 2.53. The first-order chi connectivity index (χ1) is 11.9. The van der Waals surface area contributed by atoms with E-state index < -0.39 is 17.7 Å². The Morgan fingerprint density at radius 3 is 1.81 bits per heavy atom. The highest BCUT2D eigenvalue weighted by Crippen LogP contribution is 2.15. The molecule has 156 valence electrons. The van der Waals surface area contributed by atoms with Crippen molar-refractivity contribution in [2.75, 3.05) is 20.6 Å². The number of rotatable bonds is 5. The maximum absolute atomic E-state index is 12.2. The molecule has 3 amide bonds. The van der Waals surface area contributed by atoms with Gasteiger partial charge >= 0.3 is 6.09 Å². The molecule has 7 heteroatoms. The van der Waals surface area contributed by atoms with E-state index >= 15 is 0 Å². The van der Waals surface area contributed by atoms with E-state index in [0.29, 0.717) is 0 Å². The molecule has 0 aliphatic rings. The van der Waals surface area contributed by atoms with Gasteiger partial charge in [-0.25, -0.2) is 4.79 Å². The fraction of sp³-hybridized carbons (Fsp3) is 0.842. The number of likely N-dealkylation sites (N-methyl/N-ethyl adjacent to an activating group) is 2. The lowest BCUT2D eigenvalue weighted by atomic mass is 10.0. The molecule has 0 radical (unpaired) electrons. The van der Waals surface area contributed by atoms with Crippen molar-refractivity contribution in [3.05, 3.63) is 0 Å². The summed E-state index contributed by atoms with van der Waals surface area (Å²) in [5.74, 6) is -0.806. The minimum absolute atomic E-state index is 0.118. The normalized spacial score (nSPS) is 11.1. The van der Waals surface area contributed by atoms with Gasteiger partial charge in [0, 0.05) is 14.1 Å². The summed E-state index contributed by atoms with van der Waals surface area (Å²) in [5, 5.41) is 4.93. The number of ether oxygens (including phenoxy) is 1. The number of nitrogens with zero attached hydrogens (tertiary/aromatic N) is 1. The second-order valence-corrected chi connectivity index (χ2v) is 6.88. The summed E-state index contributed by atoms with van der Waals surface area (Å²) in [5.41, 5.74) is -0.633. The third-order valence-corrected chi connectivity index (χ3v) is 2.70. The van der Waals surface area contributed by atoms with Crippen LogP contribution in [0, 0.1) is 5.92 Å².